The lowest BCUT2D eigenvalue weighted by molar-refractivity contribution is 0.0602. The number of thiophene rings is 1. The highest BCUT2D eigenvalue weighted by Gasteiger charge is 2.16. The highest BCUT2D eigenvalue weighted by Crippen LogP contribution is 2.24. The smallest absolute Gasteiger partial charge is 0.340 e. The summed E-state index contributed by atoms with van der Waals surface area (Å²) in [6.45, 7) is 1.95. The zero-order valence-corrected chi connectivity index (χ0v) is 12.7. The second kappa shape index (κ2) is 6.58. The van der Waals surface area contributed by atoms with Gasteiger partial charge in [-0.05, 0) is 47.9 Å². The maximum Gasteiger partial charge on any atom is 0.340 e. The van der Waals surface area contributed by atoms with Crippen LogP contribution >= 0.6 is 11.3 Å². The molecule has 4 nitrogen and oxygen atoms in total. The number of nitrogen functional groups attached to an aromatic ring is 1. The number of benzene rings is 1. The summed E-state index contributed by atoms with van der Waals surface area (Å²) in [6, 6.07) is 4.57. The lowest BCUT2D eigenvalue weighted by Gasteiger charge is -2.16. The Morgan fingerprint density at radius 1 is 1.52 bits per heavy atom. The molecule has 0 aliphatic carbocycles. The Hall–Kier alpha value is -2.08. The summed E-state index contributed by atoms with van der Waals surface area (Å²) >= 11 is 1.62. The number of nitrogens with two attached hydrogens (primary N) is 1. The first-order valence-corrected chi connectivity index (χ1v) is 7.40. The van der Waals surface area contributed by atoms with Gasteiger partial charge in [-0.3, -0.25) is 0 Å². The molecule has 112 valence electrons. The molecule has 0 radical (unpaired) electrons. The number of ether oxygens (including phenoxy) is 1. The molecule has 0 spiro atoms. The number of methoxy groups -OCH3 is 1. The van der Waals surface area contributed by atoms with Gasteiger partial charge in [0.15, 0.2) is 0 Å². The van der Waals surface area contributed by atoms with Crippen LogP contribution in [0.25, 0.3) is 0 Å². The van der Waals surface area contributed by atoms with Crippen molar-refractivity contribution >= 4 is 28.7 Å². The fraction of sp³-hybridized carbons (Fsp3) is 0.267. The molecule has 1 heterocycles. The van der Waals surface area contributed by atoms with Gasteiger partial charge in [0.25, 0.3) is 0 Å². The Morgan fingerprint density at radius 3 is 2.90 bits per heavy atom. The van der Waals surface area contributed by atoms with Crippen LogP contribution in [0.4, 0.5) is 15.8 Å². The van der Waals surface area contributed by atoms with E-state index in [1.807, 2.05) is 18.4 Å². The number of esters is 1. The van der Waals surface area contributed by atoms with E-state index in [1.54, 1.807) is 11.3 Å². The number of hydrogen-bond donors (Lipinski definition) is 2. The van der Waals surface area contributed by atoms with Gasteiger partial charge in [-0.2, -0.15) is 11.3 Å². The highest BCUT2D eigenvalue weighted by molar-refractivity contribution is 7.07. The van der Waals surface area contributed by atoms with Crippen LogP contribution < -0.4 is 11.1 Å². The lowest BCUT2D eigenvalue weighted by atomic mass is 10.1. The van der Waals surface area contributed by atoms with Crippen LogP contribution in [0.5, 0.6) is 0 Å². The Kier molecular flexibility index (Phi) is 4.80. The van der Waals surface area contributed by atoms with Gasteiger partial charge in [-0.15, -0.1) is 0 Å². The SMILES string of the molecule is COC(=O)c1cc(NC(C)Cc2ccsc2)c(F)cc1N. The van der Waals surface area contributed by atoms with Gasteiger partial charge >= 0.3 is 5.97 Å². The molecule has 1 atom stereocenters. The van der Waals surface area contributed by atoms with E-state index in [-0.39, 0.29) is 23.0 Å². The molecule has 0 aliphatic rings. The number of carbonyl (C=O) groups is 1. The van der Waals surface area contributed by atoms with E-state index in [9.17, 15) is 9.18 Å². The second-order valence-electron chi connectivity index (χ2n) is 4.79. The zero-order valence-electron chi connectivity index (χ0n) is 11.9. The molecule has 3 N–H and O–H groups in total. The van der Waals surface area contributed by atoms with Crippen molar-refractivity contribution in [2.45, 2.75) is 19.4 Å². The molecule has 0 fully saturated rings. The van der Waals surface area contributed by atoms with Crippen molar-refractivity contribution in [2.75, 3.05) is 18.2 Å². The quantitative estimate of drug-likeness (QED) is 0.657. The minimum Gasteiger partial charge on any atom is -0.465 e. The number of carbonyl (C=O) groups excluding carboxylic acids is 1. The number of nitrogens with one attached hydrogen (secondary N) is 1. The molecule has 0 amide bonds. The van der Waals surface area contributed by atoms with E-state index in [1.165, 1.54) is 18.7 Å². The Labute approximate surface area is 126 Å². The van der Waals surface area contributed by atoms with Gasteiger partial charge in [-0.1, -0.05) is 0 Å². The molecule has 0 aliphatic heterocycles. The van der Waals surface area contributed by atoms with Gasteiger partial charge in [0.1, 0.15) is 5.82 Å². The van der Waals surface area contributed by atoms with Gasteiger partial charge in [-0.25, -0.2) is 9.18 Å². The van der Waals surface area contributed by atoms with Crippen LogP contribution in [-0.4, -0.2) is 19.1 Å². The topological polar surface area (TPSA) is 64.3 Å². The van der Waals surface area contributed by atoms with E-state index in [0.717, 1.165) is 12.5 Å². The molecular formula is C15H17FN2O2S. The average Bonchev–Trinajstić information content (AvgIpc) is 2.93. The molecule has 1 aromatic carbocycles. The van der Waals surface area contributed by atoms with E-state index >= 15 is 0 Å². The monoisotopic (exact) mass is 308 g/mol. The molecular weight excluding hydrogens is 291 g/mol. The molecule has 0 saturated carbocycles. The van der Waals surface area contributed by atoms with Crippen molar-refractivity contribution in [1.29, 1.82) is 0 Å². The third kappa shape index (κ3) is 3.72. The van der Waals surface area contributed by atoms with E-state index in [0.29, 0.717) is 0 Å². The third-order valence-corrected chi connectivity index (χ3v) is 3.80. The normalized spacial score (nSPS) is 12.0. The van der Waals surface area contributed by atoms with Crippen molar-refractivity contribution in [3.63, 3.8) is 0 Å². The van der Waals surface area contributed by atoms with Crippen molar-refractivity contribution in [1.82, 2.24) is 0 Å². The maximum absolute atomic E-state index is 13.9. The van der Waals surface area contributed by atoms with E-state index in [4.69, 9.17) is 5.73 Å². The Morgan fingerprint density at radius 2 is 2.29 bits per heavy atom. The van der Waals surface area contributed by atoms with E-state index in [2.05, 4.69) is 15.4 Å². The van der Waals surface area contributed by atoms with Gasteiger partial charge in [0.2, 0.25) is 0 Å². The molecule has 2 rings (SSSR count). The summed E-state index contributed by atoms with van der Waals surface area (Å²) < 4.78 is 18.6. The number of anilines is 2. The van der Waals surface area contributed by atoms with Crippen LogP contribution in [0.15, 0.2) is 29.0 Å². The zero-order chi connectivity index (χ0) is 15.4. The molecule has 2 aromatic rings. The molecule has 21 heavy (non-hydrogen) atoms. The Bertz CT molecular complexity index is 629. The molecule has 6 heteroatoms. The highest BCUT2D eigenvalue weighted by atomic mass is 32.1. The summed E-state index contributed by atoms with van der Waals surface area (Å²) in [5.74, 6) is -1.07. The van der Waals surface area contributed by atoms with Crippen LogP contribution in [0.3, 0.4) is 0 Å². The van der Waals surface area contributed by atoms with Crippen LogP contribution in [-0.2, 0) is 11.2 Å². The van der Waals surface area contributed by atoms with Gasteiger partial charge in [0, 0.05) is 11.7 Å². The molecule has 1 aromatic heterocycles. The van der Waals surface area contributed by atoms with Crippen LogP contribution in [0, 0.1) is 5.82 Å². The molecule has 0 bridgehead atoms. The van der Waals surface area contributed by atoms with Crippen molar-refractivity contribution in [3.05, 3.63) is 45.9 Å². The fourth-order valence-corrected chi connectivity index (χ4v) is 2.75. The van der Waals surface area contributed by atoms with Gasteiger partial charge in [0.05, 0.1) is 18.4 Å². The first-order chi connectivity index (χ1) is 10.0. The number of halogens is 1. The van der Waals surface area contributed by atoms with Crippen LogP contribution in [0.1, 0.15) is 22.8 Å². The minimum absolute atomic E-state index is 0.0169. The molecule has 0 saturated heterocycles. The summed E-state index contributed by atoms with van der Waals surface area (Å²) in [6.07, 6.45) is 0.765. The van der Waals surface area contributed by atoms with Gasteiger partial charge < -0.3 is 15.8 Å². The third-order valence-electron chi connectivity index (χ3n) is 3.07. The second-order valence-corrected chi connectivity index (χ2v) is 5.57. The standard InChI is InChI=1S/C15H17FN2O2S/c1-9(5-10-3-4-21-8-10)18-14-6-11(15(19)20-2)13(17)7-12(14)16/h3-4,6-9,18H,5,17H2,1-2H3. The van der Waals surface area contributed by atoms with Crippen molar-refractivity contribution < 1.29 is 13.9 Å². The van der Waals surface area contributed by atoms with E-state index < -0.39 is 11.8 Å². The fourth-order valence-electron chi connectivity index (χ4n) is 2.06. The average molecular weight is 308 g/mol. The van der Waals surface area contributed by atoms with Crippen LogP contribution in [0.2, 0.25) is 0 Å². The molecule has 1 unspecified atom stereocenters. The predicted molar refractivity (Wildman–Crippen MR) is 83.3 cm³/mol. The number of rotatable bonds is 5. The lowest BCUT2D eigenvalue weighted by Crippen LogP contribution is -2.19. The summed E-state index contributed by atoms with van der Waals surface area (Å²) in [4.78, 5) is 11.6. The predicted octanol–water partition coefficient (Wildman–Crippen LogP) is 3.30. The first-order valence-electron chi connectivity index (χ1n) is 6.46. The largest absolute Gasteiger partial charge is 0.465 e. The van der Waals surface area contributed by atoms with Crippen molar-refractivity contribution in [2.24, 2.45) is 0 Å². The summed E-state index contributed by atoms with van der Waals surface area (Å²) in [5, 5.41) is 7.12. The Balaban J connectivity index is 2.17. The number of hydrogen-bond acceptors (Lipinski definition) is 5. The maximum atomic E-state index is 13.9. The van der Waals surface area contributed by atoms with Crippen molar-refractivity contribution in [3.8, 4) is 0 Å². The first kappa shape index (κ1) is 15.3. The summed E-state index contributed by atoms with van der Waals surface area (Å²) in [7, 11) is 1.26. The minimum atomic E-state index is -0.582. The summed E-state index contributed by atoms with van der Waals surface area (Å²) in [5.41, 5.74) is 7.29.